The Morgan fingerprint density at radius 1 is 1.15 bits per heavy atom. The summed E-state index contributed by atoms with van der Waals surface area (Å²) in [6.07, 6.45) is 6.19. The zero-order chi connectivity index (χ0) is 28.3. The fourth-order valence-corrected chi connectivity index (χ4v) is 6.63. The zero-order valence-corrected chi connectivity index (χ0v) is 25.1. The summed E-state index contributed by atoms with van der Waals surface area (Å²) >= 11 is 14.1. The molecule has 40 heavy (non-hydrogen) atoms. The van der Waals surface area contributed by atoms with Gasteiger partial charge in [-0.25, -0.2) is 4.99 Å². The smallest absolute Gasteiger partial charge is 0.255 e. The molecule has 1 N–H and O–H groups in total. The van der Waals surface area contributed by atoms with Gasteiger partial charge in [-0.2, -0.15) is 0 Å². The minimum atomic E-state index is -0.140. The Balaban J connectivity index is 1.44. The van der Waals surface area contributed by atoms with Gasteiger partial charge in [0, 0.05) is 26.7 Å². The fourth-order valence-electron chi connectivity index (χ4n) is 4.97. The van der Waals surface area contributed by atoms with Gasteiger partial charge < -0.3 is 14.5 Å². The van der Waals surface area contributed by atoms with Crippen LogP contribution in [0.4, 0.5) is 5.00 Å². The maximum atomic E-state index is 13.5. The summed E-state index contributed by atoms with van der Waals surface area (Å²) < 4.78 is 11.5. The van der Waals surface area contributed by atoms with E-state index in [1.165, 1.54) is 4.88 Å². The quantitative estimate of drug-likeness (QED) is 0.207. The van der Waals surface area contributed by atoms with Crippen molar-refractivity contribution < 1.29 is 13.9 Å². The minimum Gasteiger partial charge on any atom is -0.488 e. The van der Waals surface area contributed by atoms with Crippen LogP contribution in [0.5, 0.6) is 5.75 Å². The standard InChI is InChI=1S/C32H32Cl2N2O3S/c1-32(2,3)22-9-11-26-28(16-22)40-31(29(26)30(37)35-18-25-8-5-13-38-25)36-17-21-15-24(34)10-12-27(21)39-19-20-6-4-7-23(33)14-20/h4-8,10,12-15,17,22H,9,11,16,18-19H2,1-3H3,(H,35,37)/t22-/m0/s1. The molecule has 4 aromatic rings. The SMILES string of the molecule is CC(C)(C)[C@H]1CCc2c(sc(N=Cc3cc(Cl)ccc3OCc3cccc(Cl)c3)c2C(=O)NCc2ccco2)C1. The number of benzene rings is 2. The van der Waals surface area contributed by atoms with Crippen molar-refractivity contribution in [3.8, 4) is 5.75 Å². The summed E-state index contributed by atoms with van der Waals surface area (Å²) in [6, 6.07) is 16.7. The Kier molecular flexibility index (Phi) is 8.69. The van der Waals surface area contributed by atoms with Crippen LogP contribution in [-0.2, 0) is 26.0 Å². The molecule has 0 saturated heterocycles. The Morgan fingerprint density at radius 2 is 1.98 bits per heavy atom. The lowest BCUT2D eigenvalue weighted by molar-refractivity contribution is 0.0947. The third kappa shape index (κ3) is 6.80. The normalized spacial score (nSPS) is 15.3. The number of thiophene rings is 1. The second-order valence-corrected chi connectivity index (χ2v) is 13.1. The van der Waals surface area contributed by atoms with Crippen molar-refractivity contribution in [2.45, 2.75) is 53.2 Å². The number of amides is 1. The van der Waals surface area contributed by atoms with E-state index in [1.807, 2.05) is 48.5 Å². The van der Waals surface area contributed by atoms with Gasteiger partial charge >= 0.3 is 0 Å². The first-order valence-electron chi connectivity index (χ1n) is 13.3. The fraction of sp³-hybridized carbons (Fsp3) is 0.312. The van der Waals surface area contributed by atoms with Crippen LogP contribution in [0.1, 0.15) is 64.9 Å². The monoisotopic (exact) mass is 594 g/mol. The van der Waals surface area contributed by atoms with E-state index in [0.29, 0.717) is 51.2 Å². The first-order valence-corrected chi connectivity index (χ1v) is 14.9. The number of nitrogens with zero attached hydrogens (tertiary/aromatic N) is 1. The first-order chi connectivity index (χ1) is 19.2. The molecule has 0 saturated carbocycles. The number of ether oxygens (including phenoxy) is 1. The molecule has 1 aliphatic carbocycles. The summed E-state index contributed by atoms with van der Waals surface area (Å²) in [5.41, 5.74) is 3.65. The molecule has 8 heteroatoms. The molecule has 2 aromatic heterocycles. The number of halogens is 2. The zero-order valence-electron chi connectivity index (χ0n) is 22.8. The lowest BCUT2D eigenvalue weighted by Crippen LogP contribution is -2.28. The molecule has 2 heterocycles. The number of carbonyl (C=O) groups is 1. The lowest BCUT2D eigenvalue weighted by atomic mass is 9.72. The topological polar surface area (TPSA) is 63.8 Å². The average Bonchev–Trinajstić information content (AvgIpc) is 3.57. The van der Waals surface area contributed by atoms with Crippen LogP contribution in [0.25, 0.3) is 0 Å². The molecular formula is C32H32Cl2N2O3S. The van der Waals surface area contributed by atoms with Gasteiger partial charge in [0.05, 0.1) is 18.4 Å². The number of aliphatic imine (C=N–C) groups is 1. The number of rotatable bonds is 8. The highest BCUT2D eigenvalue weighted by atomic mass is 35.5. The molecule has 5 rings (SSSR count). The number of furan rings is 1. The number of hydrogen-bond donors (Lipinski definition) is 1. The van der Waals surface area contributed by atoms with E-state index in [0.717, 1.165) is 36.0 Å². The third-order valence-electron chi connectivity index (χ3n) is 7.28. The summed E-state index contributed by atoms with van der Waals surface area (Å²) in [5.74, 6) is 1.76. The Labute approximate surface area is 249 Å². The van der Waals surface area contributed by atoms with Gasteiger partial charge in [-0.05, 0) is 84.2 Å². The summed E-state index contributed by atoms with van der Waals surface area (Å²) in [6.45, 7) is 7.54. The predicted molar refractivity (Wildman–Crippen MR) is 164 cm³/mol. The minimum absolute atomic E-state index is 0.140. The maximum absolute atomic E-state index is 13.5. The molecule has 0 fully saturated rings. The van der Waals surface area contributed by atoms with Crippen molar-refractivity contribution in [2.24, 2.45) is 16.3 Å². The molecule has 0 aliphatic heterocycles. The van der Waals surface area contributed by atoms with Crippen LogP contribution < -0.4 is 10.1 Å². The van der Waals surface area contributed by atoms with Crippen molar-refractivity contribution in [3.05, 3.63) is 104 Å². The van der Waals surface area contributed by atoms with Crippen LogP contribution in [0.3, 0.4) is 0 Å². The molecule has 0 bridgehead atoms. The molecule has 5 nitrogen and oxygen atoms in total. The largest absolute Gasteiger partial charge is 0.488 e. The van der Waals surface area contributed by atoms with Gasteiger partial charge in [0.15, 0.2) is 0 Å². The van der Waals surface area contributed by atoms with E-state index in [4.69, 9.17) is 37.3 Å². The van der Waals surface area contributed by atoms with Gasteiger partial charge in [-0.15, -0.1) is 11.3 Å². The van der Waals surface area contributed by atoms with Gasteiger partial charge in [-0.1, -0.05) is 56.1 Å². The number of nitrogens with one attached hydrogen (secondary N) is 1. The van der Waals surface area contributed by atoms with E-state index < -0.39 is 0 Å². The van der Waals surface area contributed by atoms with Crippen LogP contribution in [-0.4, -0.2) is 12.1 Å². The summed E-state index contributed by atoms with van der Waals surface area (Å²) in [5, 5.41) is 4.95. The van der Waals surface area contributed by atoms with Gasteiger partial charge in [-0.3, -0.25) is 4.79 Å². The van der Waals surface area contributed by atoms with E-state index in [9.17, 15) is 4.79 Å². The second-order valence-electron chi connectivity index (χ2n) is 11.1. The number of hydrogen-bond acceptors (Lipinski definition) is 5. The van der Waals surface area contributed by atoms with E-state index in [-0.39, 0.29) is 11.3 Å². The van der Waals surface area contributed by atoms with Crippen LogP contribution in [0, 0.1) is 11.3 Å². The van der Waals surface area contributed by atoms with Crippen LogP contribution >= 0.6 is 34.5 Å². The second kappa shape index (κ2) is 12.2. The molecule has 208 valence electrons. The molecule has 1 aliphatic rings. The summed E-state index contributed by atoms with van der Waals surface area (Å²) in [7, 11) is 0. The molecule has 0 unspecified atom stereocenters. The Morgan fingerprint density at radius 3 is 2.73 bits per heavy atom. The van der Waals surface area contributed by atoms with Crippen LogP contribution in [0.2, 0.25) is 10.0 Å². The van der Waals surface area contributed by atoms with E-state index >= 15 is 0 Å². The maximum Gasteiger partial charge on any atom is 0.255 e. The molecule has 0 spiro atoms. The van der Waals surface area contributed by atoms with Gasteiger partial charge in [0.2, 0.25) is 0 Å². The van der Waals surface area contributed by atoms with Gasteiger partial charge in [0.25, 0.3) is 5.91 Å². The number of fused-ring (bicyclic) bond motifs is 1. The molecule has 1 atom stereocenters. The lowest BCUT2D eigenvalue weighted by Gasteiger charge is -2.33. The molecule has 2 aromatic carbocycles. The van der Waals surface area contributed by atoms with Crippen molar-refractivity contribution in [2.75, 3.05) is 0 Å². The highest BCUT2D eigenvalue weighted by molar-refractivity contribution is 7.16. The predicted octanol–water partition coefficient (Wildman–Crippen LogP) is 9.06. The van der Waals surface area contributed by atoms with E-state index in [1.54, 1.807) is 29.9 Å². The third-order valence-corrected chi connectivity index (χ3v) is 8.91. The van der Waals surface area contributed by atoms with Crippen molar-refractivity contribution in [1.82, 2.24) is 5.32 Å². The average molecular weight is 596 g/mol. The van der Waals surface area contributed by atoms with E-state index in [2.05, 4.69) is 26.1 Å². The molecule has 0 radical (unpaired) electrons. The summed E-state index contributed by atoms with van der Waals surface area (Å²) in [4.78, 5) is 19.6. The van der Waals surface area contributed by atoms with Crippen LogP contribution in [0.15, 0.2) is 70.3 Å². The molecular weight excluding hydrogens is 563 g/mol. The molecule has 1 amide bonds. The van der Waals surface area contributed by atoms with Gasteiger partial charge in [0.1, 0.15) is 23.1 Å². The highest BCUT2D eigenvalue weighted by Crippen LogP contribution is 2.45. The first kappa shape index (κ1) is 28.5. The Bertz CT molecular complexity index is 1520. The van der Waals surface area contributed by atoms with Crippen molar-refractivity contribution in [3.63, 3.8) is 0 Å². The number of carbonyl (C=O) groups excluding carboxylic acids is 1. The van der Waals surface area contributed by atoms with Crippen molar-refractivity contribution >= 4 is 51.7 Å². The highest BCUT2D eigenvalue weighted by Gasteiger charge is 2.33. The Hall–Kier alpha value is -3.06. The van der Waals surface area contributed by atoms with Crippen molar-refractivity contribution in [1.29, 1.82) is 0 Å².